The van der Waals surface area contributed by atoms with E-state index >= 15 is 0 Å². The normalized spacial score (nSPS) is 15.7. The molecule has 1 saturated heterocycles. The number of rotatable bonds is 7. The van der Waals surface area contributed by atoms with Gasteiger partial charge < -0.3 is 20.0 Å². The van der Waals surface area contributed by atoms with Crippen molar-refractivity contribution < 1.29 is 18.8 Å². The van der Waals surface area contributed by atoms with E-state index in [2.05, 4.69) is 10.2 Å². The zero-order chi connectivity index (χ0) is 28.1. The zero-order valence-corrected chi connectivity index (χ0v) is 22.8. The van der Waals surface area contributed by atoms with Crippen molar-refractivity contribution in [3.05, 3.63) is 95.3 Å². The Morgan fingerprint density at radius 3 is 2.33 bits per heavy atom. The lowest BCUT2D eigenvalue weighted by Gasteiger charge is -2.37. The van der Waals surface area contributed by atoms with Gasteiger partial charge in [0.05, 0.1) is 5.56 Å². The van der Waals surface area contributed by atoms with Gasteiger partial charge in [-0.25, -0.2) is 4.39 Å². The summed E-state index contributed by atoms with van der Waals surface area (Å²) in [5.41, 5.74) is 3.23. The van der Waals surface area contributed by atoms with Crippen LogP contribution in [-0.2, 0) is 11.3 Å². The van der Waals surface area contributed by atoms with Gasteiger partial charge in [-0.15, -0.1) is 0 Å². The maximum absolute atomic E-state index is 13.8. The Morgan fingerprint density at radius 1 is 0.900 bits per heavy atom. The topological polar surface area (TPSA) is 73.0 Å². The lowest BCUT2D eigenvalue weighted by atomic mass is 10.1. The Balaban J connectivity index is 1.35. The van der Waals surface area contributed by atoms with Crippen LogP contribution in [0.2, 0.25) is 0 Å². The Hall–Kier alpha value is -4.20. The molecule has 7 nitrogen and oxygen atoms in total. The van der Waals surface area contributed by atoms with E-state index < -0.39 is 5.82 Å². The first-order valence-corrected chi connectivity index (χ1v) is 13.9. The first-order chi connectivity index (χ1) is 19.4. The molecule has 3 aromatic carbocycles. The summed E-state index contributed by atoms with van der Waals surface area (Å²) in [6.07, 6.45) is 3.93. The molecule has 3 amide bonds. The summed E-state index contributed by atoms with van der Waals surface area (Å²) in [6, 6.07) is 21.1. The molecule has 0 spiro atoms. The molecule has 40 heavy (non-hydrogen) atoms. The van der Waals surface area contributed by atoms with Crippen molar-refractivity contribution in [1.82, 2.24) is 9.80 Å². The fourth-order valence-electron chi connectivity index (χ4n) is 5.58. The van der Waals surface area contributed by atoms with E-state index in [4.69, 9.17) is 0 Å². The van der Waals surface area contributed by atoms with Crippen LogP contribution in [0, 0.1) is 11.7 Å². The number of hydrogen-bond donors (Lipinski definition) is 1. The van der Waals surface area contributed by atoms with E-state index in [0.29, 0.717) is 49.5 Å². The van der Waals surface area contributed by atoms with Crippen molar-refractivity contribution in [2.75, 3.05) is 43.4 Å². The van der Waals surface area contributed by atoms with E-state index in [1.54, 1.807) is 29.0 Å². The molecule has 1 aliphatic heterocycles. The Labute approximate surface area is 234 Å². The number of nitrogens with one attached hydrogen (secondary N) is 1. The molecule has 1 aliphatic carbocycles. The van der Waals surface area contributed by atoms with Gasteiger partial charge in [0.2, 0.25) is 5.91 Å². The van der Waals surface area contributed by atoms with Gasteiger partial charge in [-0.05, 0) is 54.8 Å². The lowest BCUT2D eigenvalue weighted by molar-refractivity contribution is -0.119. The van der Waals surface area contributed by atoms with Crippen molar-refractivity contribution in [3.63, 3.8) is 0 Å². The number of nitrogens with zero attached hydrogens (tertiary/aromatic N) is 3. The molecule has 0 unspecified atom stereocenters. The Kier molecular flexibility index (Phi) is 8.43. The van der Waals surface area contributed by atoms with E-state index in [-0.39, 0.29) is 23.6 Å². The summed E-state index contributed by atoms with van der Waals surface area (Å²) in [6.45, 7) is 2.40. The summed E-state index contributed by atoms with van der Waals surface area (Å²) < 4.78 is 13.7. The maximum atomic E-state index is 13.8. The predicted octanol–water partition coefficient (Wildman–Crippen LogP) is 5.19. The summed E-state index contributed by atoms with van der Waals surface area (Å²) in [5.74, 6) is -0.765. The van der Waals surface area contributed by atoms with Crippen LogP contribution in [0.4, 0.5) is 15.8 Å². The second-order valence-electron chi connectivity index (χ2n) is 10.6. The molecule has 0 aromatic heterocycles. The lowest BCUT2D eigenvalue weighted by Crippen LogP contribution is -2.49. The molecule has 2 fully saturated rings. The van der Waals surface area contributed by atoms with Gasteiger partial charge in [-0.2, -0.15) is 0 Å². The van der Waals surface area contributed by atoms with Gasteiger partial charge in [0.15, 0.2) is 0 Å². The Bertz CT molecular complexity index is 1370. The first kappa shape index (κ1) is 27.4. The van der Waals surface area contributed by atoms with Crippen LogP contribution in [-0.4, -0.2) is 60.7 Å². The molecule has 0 bridgehead atoms. The summed E-state index contributed by atoms with van der Waals surface area (Å²) in [7, 11) is 1.78. The highest BCUT2D eigenvalue weighted by Crippen LogP contribution is 2.30. The van der Waals surface area contributed by atoms with E-state index in [1.807, 2.05) is 42.5 Å². The smallest absolute Gasteiger partial charge is 0.256 e. The highest BCUT2D eigenvalue weighted by atomic mass is 19.1. The van der Waals surface area contributed by atoms with Gasteiger partial charge in [-0.1, -0.05) is 49.2 Å². The fraction of sp³-hybridized carbons (Fsp3) is 0.344. The molecule has 5 rings (SSSR count). The number of amides is 3. The third-order valence-corrected chi connectivity index (χ3v) is 7.81. The standard InChI is InChI=1S/C32H35FN4O3/c1-35(22-23-8-3-2-4-9-23)32(40)28-21-27(34-30(38)24-10-5-6-11-24)14-15-29(28)36-16-18-37(19-17-36)31(39)25-12-7-13-26(33)20-25/h2-4,7-9,12-15,20-21,24H,5-6,10-11,16-19,22H2,1H3,(H,34,38). The summed E-state index contributed by atoms with van der Waals surface area (Å²) >= 11 is 0. The highest BCUT2D eigenvalue weighted by Gasteiger charge is 2.27. The number of benzene rings is 3. The van der Waals surface area contributed by atoms with Crippen molar-refractivity contribution >= 4 is 29.1 Å². The van der Waals surface area contributed by atoms with Crippen LogP contribution in [0.5, 0.6) is 0 Å². The molecule has 2 aliphatic rings. The molecule has 1 heterocycles. The largest absolute Gasteiger partial charge is 0.367 e. The van der Waals surface area contributed by atoms with Gasteiger partial charge in [0, 0.05) is 62.6 Å². The van der Waals surface area contributed by atoms with Gasteiger partial charge in [0.25, 0.3) is 11.8 Å². The van der Waals surface area contributed by atoms with Crippen LogP contribution in [0.1, 0.15) is 52.0 Å². The van der Waals surface area contributed by atoms with Crippen LogP contribution in [0.15, 0.2) is 72.8 Å². The number of carbonyl (C=O) groups excluding carboxylic acids is 3. The maximum Gasteiger partial charge on any atom is 0.256 e. The number of hydrogen-bond acceptors (Lipinski definition) is 4. The third-order valence-electron chi connectivity index (χ3n) is 7.81. The SMILES string of the molecule is CN(Cc1ccccc1)C(=O)c1cc(NC(=O)C2CCCC2)ccc1N1CCN(C(=O)c2cccc(F)c2)CC1. The number of halogens is 1. The van der Waals surface area contributed by atoms with E-state index in [1.165, 1.54) is 18.2 Å². The molecule has 8 heteroatoms. The van der Waals surface area contributed by atoms with Crippen LogP contribution in [0.25, 0.3) is 0 Å². The van der Waals surface area contributed by atoms with Crippen molar-refractivity contribution in [2.24, 2.45) is 5.92 Å². The average Bonchev–Trinajstić information content (AvgIpc) is 3.53. The molecule has 0 atom stereocenters. The molecule has 1 saturated carbocycles. The fourth-order valence-corrected chi connectivity index (χ4v) is 5.58. The minimum Gasteiger partial charge on any atom is -0.367 e. The predicted molar refractivity (Wildman–Crippen MR) is 154 cm³/mol. The van der Waals surface area contributed by atoms with Crippen LogP contribution in [0.3, 0.4) is 0 Å². The highest BCUT2D eigenvalue weighted by molar-refractivity contribution is 6.02. The van der Waals surface area contributed by atoms with Crippen LogP contribution < -0.4 is 10.2 Å². The zero-order valence-electron chi connectivity index (χ0n) is 22.8. The minimum atomic E-state index is -0.438. The average molecular weight is 543 g/mol. The molecule has 208 valence electrons. The van der Waals surface area contributed by atoms with E-state index in [9.17, 15) is 18.8 Å². The minimum absolute atomic E-state index is 0.00534. The van der Waals surface area contributed by atoms with E-state index in [0.717, 1.165) is 36.9 Å². The molecular formula is C32H35FN4O3. The van der Waals surface area contributed by atoms with Gasteiger partial charge >= 0.3 is 0 Å². The van der Waals surface area contributed by atoms with Crippen molar-refractivity contribution in [3.8, 4) is 0 Å². The monoisotopic (exact) mass is 542 g/mol. The molecule has 0 radical (unpaired) electrons. The summed E-state index contributed by atoms with van der Waals surface area (Å²) in [4.78, 5) is 45.0. The van der Waals surface area contributed by atoms with Crippen molar-refractivity contribution in [1.29, 1.82) is 0 Å². The second kappa shape index (κ2) is 12.3. The molecule has 1 N–H and O–H groups in total. The summed E-state index contributed by atoms with van der Waals surface area (Å²) in [5, 5.41) is 3.03. The number of anilines is 2. The first-order valence-electron chi connectivity index (χ1n) is 13.9. The van der Waals surface area contributed by atoms with Crippen LogP contribution >= 0.6 is 0 Å². The molecule has 3 aromatic rings. The van der Waals surface area contributed by atoms with Crippen molar-refractivity contribution in [2.45, 2.75) is 32.2 Å². The van der Waals surface area contributed by atoms with Gasteiger partial charge in [-0.3, -0.25) is 14.4 Å². The van der Waals surface area contributed by atoms with Gasteiger partial charge in [0.1, 0.15) is 5.82 Å². The Morgan fingerprint density at radius 2 is 1.62 bits per heavy atom. The number of piperazine rings is 1. The molecular weight excluding hydrogens is 507 g/mol. The second-order valence-corrected chi connectivity index (χ2v) is 10.6. The quantitative estimate of drug-likeness (QED) is 0.446. The third kappa shape index (κ3) is 6.33. The number of carbonyl (C=O) groups is 3.